The number of hydrogen-bond donors (Lipinski definition) is 2. The number of anilines is 1. The van der Waals surface area contributed by atoms with E-state index < -0.39 is 0 Å². The summed E-state index contributed by atoms with van der Waals surface area (Å²) >= 11 is 0. The highest BCUT2D eigenvalue weighted by atomic mass is 16.2. The molecule has 1 aromatic rings. The minimum absolute atomic E-state index is 0.0888. The number of nitrogen functional groups attached to an aromatic ring is 1. The first kappa shape index (κ1) is 15.8. The van der Waals surface area contributed by atoms with Gasteiger partial charge in [0, 0.05) is 23.3 Å². The molecule has 2 unspecified atom stereocenters. The third-order valence-electron chi connectivity index (χ3n) is 4.21. The van der Waals surface area contributed by atoms with Crippen LogP contribution >= 0.6 is 0 Å². The van der Waals surface area contributed by atoms with Crippen molar-refractivity contribution in [2.45, 2.75) is 65.0 Å². The number of hydrogen-bond acceptors (Lipinski definition) is 4. The fraction of sp³-hybridized carbons (Fsp3) is 0.625. The van der Waals surface area contributed by atoms with Crippen molar-refractivity contribution >= 4 is 11.7 Å². The quantitative estimate of drug-likeness (QED) is 0.660. The monoisotopic (exact) mass is 290 g/mol. The SMILES string of the molecule is CCCc1cc(C(=O)N2C(C)CCCC2C)cc(NN)n1. The van der Waals surface area contributed by atoms with E-state index in [2.05, 4.69) is 31.2 Å². The van der Waals surface area contributed by atoms with Crippen molar-refractivity contribution in [2.24, 2.45) is 5.84 Å². The zero-order chi connectivity index (χ0) is 15.4. The van der Waals surface area contributed by atoms with Gasteiger partial charge >= 0.3 is 0 Å². The number of nitrogens with one attached hydrogen (secondary N) is 1. The van der Waals surface area contributed by atoms with Crippen LogP contribution in [-0.2, 0) is 6.42 Å². The largest absolute Gasteiger partial charge is 0.333 e. The molecule has 1 saturated heterocycles. The van der Waals surface area contributed by atoms with Crippen LogP contribution in [0.25, 0.3) is 0 Å². The van der Waals surface area contributed by atoms with Crippen LogP contribution in [0, 0.1) is 0 Å². The summed E-state index contributed by atoms with van der Waals surface area (Å²) in [5.41, 5.74) is 4.16. The average Bonchev–Trinajstić information content (AvgIpc) is 2.47. The molecule has 3 N–H and O–H groups in total. The molecule has 21 heavy (non-hydrogen) atoms. The Balaban J connectivity index is 2.30. The first-order valence-corrected chi connectivity index (χ1v) is 7.87. The van der Waals surface area contributed by atoms with Gasteiger partial charge in [0.25, 0.3) is 5.91 Å². The van der Waals surface area contributed by atoms with Crippen molar-refractivity contribution in [3.63, 3.8) is 0 Å². The molecule has 5 heteroatoms. The minimum atomic E-state index is 0.0888. The Morgan fingerprint density at radius 3 is 2.62 bits per heavy atom. The van der Waals surface area contributed by atoms with Crippen molar-refractivity contribution in [2.75, 3.05) is 5.43 Å². The molecule has 0 saturated carbocycles. The molecule has 1 amide bonds. The van der Waals surface area contributed by atoms with Crippen molar-refractivity contribution in [1.29, 1.82) is 0 Å². The van der Waals surface area contributed by atoms with E-state index in [1.165, 1.54) is 6.42 Å². The van der Waals surface area contributed by atoms with Gasteiger partial charge in [0.1, 0.15) is 5.82 Å². The Bertz CT molecular complexity index is 493. The maximum absolute atomic E-state index is 12.9. The number of amides is 1. The molecule has 1 fully saturated rings. The van der Waals surface area contributed by atoms with Gasteiger partial charge in [0.2, 0.25) is 0 Å². The van der Waals surface area contributed by atoms with E-state index in [4.69, 9.17) is 5.84 Å². The van der Waals surface area contributed by atoms with Gasteiger partial charge in [0.05, 0.1) is 0 Å². The lowest BCUT2D eigenvalue weighted by molar-refractivity contribution is 0.0510. The standard InChI is InChI=1S/C16H26N4O/c1-4-6-14-9-13(10-15(18-14)19-17)16(21)20-11(2)7-5-8-12(20)3/h9-12H,4-8,17H2,1-3H3,(H,18,19). The van der Waals surface area contributed by atoms with Crippen molar-refractivity contribution in [1.82, 2.24) is 9.88 Å². The van der Waals surface area contributed by atoms with E-state index in [0.29, 0.717) is 23.5 Å². The van der Waals surface area contributed by atoms with Crippen molar-refractivity contribution < 1.29 is 4.79 Å². The van der Waals surface area contributed by atoms with Gasteiger partial charge in [-0.2, -0.15) is 0 Å². The molecule has 1 aliphatic heterocycles. The summed E-state index contributed by atoms with van der Waals surface area (Å²) in [4.78, 5) is 19.3. The highest BCUT2D eigenvalue weighted by Gasteiger charge is 2.30. The van der Waals surface area contributed by atoms with Gasteiger partial charge in [-0.1, -0.05) is 13.3 Å². The van der Waals surface area contributed by atoms with E-state index in [1.54, 1.807) is 6.07 Å². The number of piperidine rings is 1. The number of hydrazine groups is 1. The molecule has 116 valence electrons. The minimum Gasteiger partial charge on any atom is -0.333 e. The smallest absolute Gasteiger partial charge is 0.254 e. The van der Waals surface area contributed by atoms with E-state index in [1.807, 2.05) is 11.0 Å². The summed E-state index contributed by atoms with van der Waals surface area (Å²) in [5, 5.41) is 0. The molecule has 2 rings (SSSR count). The molecule has 0 bridgehead atoms. The first-order chi connectivity index (χ1) is 10.1. The summed E-state index contributed by atoms with van der Waals surface area (Å²) < 4.78 is 0. The van der Waals surface area contributed by atoms with Crippen LogP contribution in [0.1, 0.15) is 62.5 Å². The number of carbonyl (C=O) groups is 1. The van der Waals surface area contributed by atoms with E-state index in [-0.39, 0.29) is 5.91 Å². The van der Waals surface area contributed by atoms with Gasteiger partial charge in [0.15, 0.2) is 0 Å². The molecular weight excluding hydrogens is 264 g/mol. The van der Waals surface area contributed by atoms with Crippen LogP contribution in [0.3, 0.4) is 0 Å². The van der Waals surface area contributed by atoms with Crippen LogP contribution in [0.5, 0.6) is 0 Å². The number of aromatic nitrogens is 1. The number of likely N-dealkylation sites (tertiary alicyclic amines) is 1. The molecule has 0 radical (unpaired) electrons. The number of nitrogens with zero attached hydrogens (tertiary/aromatic N) is 2. The summed E-state index contributed by atoms with van der Waals surface area (Å²) in [6.07, 6.45) is 5.18. The summed E-state index contributed by atoms with van der Waals surface area (Å²) in [6, 6.07) is 4.23. The van der Waals surface area contributed by atoms with Gasteiger partial charge < -0.3 is 10.3 Å². The second-order valence-electron chi connectivity index (χ2n) is 5.97. The average molecular weight is 290 g/mol. The Morgan fingerprint density at radius 1 is 1.38 bits per heavy atom. The topological polar surface area (TPSA) is 71.2 Å². The maximum atomic E-state index is 12.9. The van der Waals surface area contributed by atoms with E-state index in [0.717, 1.165) is 31.4 Å². The fourth-order valence-electron chi connectivity index (χ4n) is 3.14. The molecule has 1 aliphatic rings. The van der Waals surface area contributed by atoms with Crippen LogP contribution in [0.2, 0.25) is 0 Å². The van der Waals surface area contributed by atoms with Gasteiger partial charge in [-0.15, -0.1) is 0 Å². The Kier molecular flexibility index (Phi) is 5.17. The van der Waals surface area contributed by atoms with Gasteiger partial charge in [-0.05, 0) is 51.7 Å². The fourth-order valence-corrected chi connectivity index (χ4v) is 3.14. The lowest BCUT2D eigenvalue weighted by atomic mass is 9.96. The Morgan fingerprint density at radius 2 is 2.05 bits per heavy atom. The summed E-state index contributed by atoms with van der Waals surface area (Å²) in [5.74, 6) is 6.13. The normalized spacial score (nSPS) is 22.2. The van der Waals surface area contributed by atoms with Crippen molar-refractivity contribution in [3.8, 4) is 0 Å². The van der Waals surface area contributed by atoms with E-state index in [9.17, 15) is 4.79 Å². The summed E-state index contributed by atoms with van der Waals surface area (Å²) in [6.45, 7) is 6.36. The number of pyridine rings is 1. The Labute approximate surface area is 126 Å². The molecule has 0 aromatic carbocycles. The molecule has 0 aliphatic carbocycles. The predicted octanol–water partition coefficient (Wildman–Crippen LogP) is 2.72. The highest BCUT2D eigenvalue weighted by molar-refractivity contribution is 5.95. The first-order valence-electron chi connectivity index (χ1n) is 7.87. The van der Waals surface area contributed by atoms with Crippen LogP contribution in [0.4, 0.5) is 5.82 Å². The molecular formula is C16H26N4O. The number of nitrogens with two attached hydrogens (primary N) is 1. The lowest BCUT2D eigenvalue weighted by Gasteiger charge is -2.39. The molecule has 2 atom stereocenters. The maximum Gasteiger partial charge on any atom is 0.254 e. The zero-order valence-electron chi connectivity index (χ0n) is 13.2. The second kappa shape index (κ2) is 6.89. The number of carbonyl (C=O) groups excluding carboxylic acids is 1. The predicted molar refractivity (Wildman–Crippen MR) is 85.0 cm³/mol. The van der Waals surface area contributed by atoms with Crippen LogP contribution in [0.15, 0.2) is 12.1 Å². The summed E-state index contributed by atoms with van der Waals surface area (Å²) in [7, 11) is 0. The third-order valence-corrected chi connectivity index (χ3v) is 4.21. The van der Waals surface area contributed by atoms with E-state index >= 15 is 0 Å². The molecule has 0 spiro atoms. The zero-order valence-corrected chi connectivity index (χ0v) is 13.2. The number of aryl methyl sites for hydroxylation is 1. The van der Waals surface area contributed by atoms with Crippen molar-refractivity contribution in [3.05, 3.63) is 23.4 Å². The lowest BCUT2D eigenvalue weighted by Crippen LogP contribution is -2.47. The molecule has 2 heterocycles. The third kappa shape index (κ3) is 3.53. The van der Waals surface area contributed by atoms with Crippen LogP contribution < -0.4 is 11.3 Å². The second-order valence-corrected chi connectivity index (χ2v) is 5.97. The number of rotatable bonds is 4. The molecule has 5 nitrogen and oxygen atoms in total. The van der Waals surface area contributed by atoms with Gasteiger partial charge in [-0.25, -0.2) is 10.8 Å². The highest BCUT2D eigenvalue weighted by Crippen LogP contribution is 2.25. The molecule has 1 aromatic heterocycles. The van der Waals surface area contributed by atoms with Crippen LogP contribution in [-0.4, -0.2) is 27.9 Å². The Hall–Kier alpha value is -1.62. The van der Waals surface area contributed by atoms with Gasteiger partial charge in [-0.3, -0.25) is 4.79 Å².